The van der Waals surface area contributed by atoms with E-state index in [9.17, 15) is 4.79 Å². The number of aryl methyl sites for hydroxylation is 1. The summed E-state index contributed by atoms with van der Waals surface area (Å²) >= 11 is 0. The van der Waals surface area contributed by atoms with Gasteiger partial charge in [-0.25, -0.2) is 14.5 Å². The third kappa shape index (κ3) is 4.36. The number of oxime groups is 1. The minimum absolute atomic E-state index is 0.0948. The number of rotatable bonds is 5. The molecule has 2 aliphatic rings. The van der Waals surface area contributed by atoms with E-state index >= 15 is 0 Å². The molecule has 4 aromatic rings. The van der Waals surface area contributed by atoms with Gasteiger partial charge >= 0.3 is 0 Å². The molecular weight excluding hydrogens is 478 g/mol. The molecule has 0 bridgehead atoms. The van der Waals surface area contributed by atoms with Gasteiger partial charge in [0.15, 0.2) is 23.9 Å². The van der Waals surface area contributed by atoms with Gasteiger partial charge in [-0.05, 0) is 30.4 Å². The second-order valence-corrected chi connectivity index (χ2v) is 10.8. The summed E-state index contributed by atoms with van der Waals surface area (Å²) in [5, 5.41) is 8.82. The molecule has 0 saturated carbocycles. The molecule has 0 radical (unpaired) electrons. The normalized spacial score (nSPS) is 18.7. The summed E-state index contributed by atoms with van der Waals surface area (Å²) in [4.78, 5) is 28.5. The molecule has 8 nitrogen and oxygen atoms in total. The molecule has 0 fully saturated rings. The molecule has 8 heteroatoms. The Kier molecular flexibility index (Phi) is 5.82. The Morgan fingerprint density at radius 2 is 1.89 bits per heavy atom. The van der Waals surface area contributed by atoms with Gasteiger partial charge in [0, 0.05) is 24.3 Å². The lowest BCUT2D eigenvalue weighted by atomic mass is 9.70. The Morgan fingerprint density at radius 3 is 2.66 bits per heavy atom. The van der Waals surface area contributed by atoms with Gasteiger partial charge in [-0.2, -0.15) is 0 Å². The number of aromatic nitrogens is 4. The number of hydrogen-bond donors (Lipinski definition) is 0. The summed E-state index contributed by atoms with van der Waals surface area (Å²) in [5.74, 6) is 1.39. The lowest BCUT2D eigenvalue weighted by Crippen LogP contribution is -2.33. The van der Waals surface area contributed by atoms with E-state index in [-0.39, 0.29) is 23.7 Å². The standard InChI is InChI=1S/C30H29N5O3/c1-18-10-12-20(13-11-18)19(2)34-37-16-24-32-28-27-25(21-8-6-5-7-9-21)26-22(36)14-30(3,4)15-23(26)38-29(27)31-17-35(28)33-24/h5-13,17,25H,14-16H2,1-4H3. The summed E-state index contributed by atoms with van der Waals surface area (Å²) in [6, 6.07) is 18.1. The van der Waals surface area contributed by atoms with Crippen molar-refractivity contribution >= 4 is 17.1 Å². The van der Waals surface area contributed by atoms with Gasteiger partial charge in [-0.15, -0.1) is 5.10 Å². The van der Waals surface area contributed by atoms with Crippen LogP contribution >= 0.6 is 0 Å². The van der Waals surface area contributed by atoms with Crippen LogP contribution in [-0.2, 0) is 16.2 Å². The molecule has 0 spiro atoms. The van der Waals surface area contributed by atoms with Gasteiger partial charge in [-0.1, -0.05) is 79.2 Å². The van der Waals surface area contributed by atoms with E-state index in [4.69, 9.17) is 14.6 Å². The number of nitrogens with zero attached hydrogens (tertiary/aromatic N) is 5. The summed E-state index contributed by atoms with van der Waals surface area (Å²) in [5.41, 5.74) is 5.79. The van der Waals surface area contributed by atoms with Crippen molar-refractivity contribution in [2.45, 2.75) is 53.1 Å². The molecule has 0 amide bonds. The Bertz CT molecular complexity index is 1600. The van der Waals surface area contributed by atoms with Crippen molar-refractivity contribution in [3.05, 3.63) is 100 Å². The smallest absolute Gasteiger partial charge is 0.228 e. The van der Waals surface area contributed by atoms with Crippen LogP contribution < -0.4 is 4.74 Å². The second-order valence-electron chi connectivity index (χ2n) is 10.8. The van der Waals surface area contributed by atoms with Gasteiger partial charge < -0.3 is 9.57 Å². The van der Waals surface area contributed by atoms with Gasteiger partial charge in [-0.3, -0.25) is 4.79 Å². The lowest BCUT2D eigenvalue weighted by Gasteiger charge is -2.37. The Labute approximate surface area is 221 Å². The molecule has 1 atom stereocenters. The van der Waals surface area contributed by atoms with Crippen LogP contribution in [0, 0.1) is 12.3 Å². The molecule has 0 N–H and O–H groups in total. The van der Waals surface area contributed by atoms with E-state index < -0.39 is 0 Å². The zero-order chi connectivity index (χ0) is 26.4. The maximum Gasteiger partial charge on any atom is 0.228 e. The number of carbonyl (C=O) groups is 1. The minimum Gasteiger partial charge on any atom is -0.442 e. The zero-order valence-corrected chi connectivity index (χ0v) is 21.9. The second kappa shape index (κ2) is 9.20. The number of Topliss-reactive ketones (excluding diaryl/α,β-unsaturated/α-hetero) is 1. The van der Waals surface area contributed by atoms with Crippen LogP contribution in [0.3, 0.4) is 0 Å². The Hall–Kier alpha value is -4.33. The number of carbonyl (C=O) groups excluding carboxylic acids is 1. The van der Waals surface area contributed by atoms with Crippen LogP contribution in [0.15, 0.2) is 77.4 Å². The quantitative estimate of drug-likeness (QED) is 0.260. The van der Waals surface area contributed by atoms with Crippen LogP contribution in [0.25, 0.3) is 5.65 Å². The van der Waals surface area contributed by atoms with E-state index in [0.29, 0.717) is 41.5 Å². The topological polar surface area (TPSA) is 91.0 Å². The predicted molar refractivity (Wildman–Crippen MR) is 143 cm³/mol. The largest absolute Gasteiger partial charge is 0.442 e. The van der Waals surface area contributed by atoms with Crippen LogP contribution in [0.5, 0.6) is 5.88 Å². The molecule has 6 rings (SSSR count). The van der Waals surface area contributed by atoms with E-state index in [1.54, 1.807) is 10.8 Å². The van der Waals surface area contributed by atoms with Crippen LogP contribution in [0.2, 0.25) is 0 Å². The van der Waals surface area contributed by atoms with E-state index in [2.05, 4.69) is 29.1 Å². The molecule has 0 saturated heterocycles. The number of ketones is 1. The first-order valence-electron chi connectivity index (χ1n) is 12.8. The van der Waals surface area contributed by atoms with Crippen LogP contribution in [0.4, 0.5) is 0 Å². The van der Waals surface area contributed by atoms with E-state index in [1.165, 1.54) is 5.56 Å². The average Bonchev–Trinajstić information content (AvgIpc) is 3.31. The number of fused-ring (bicyclic) bond motifs is 3. The lowest BCUT2D eigenvalue weighted by molar-refractivity contribution is -0.118. The summed E-state index contributed by atoms with van der Waals surface area (Å²) in [6.45, 7) is 8.23. The van der Waals surface area contributed by atoms with Crippen molar-refractivity contribution in [3.8, 4) is 5.88 Å². The summed E-state index contributed by atoms with van der Waals surface area (Å²) < 4.78 is 7.92. The molecule has 38 heavy (non-hydrogen) atoms. The maximum atomic E-state index is 13.5. The highest BCUT2D eigenvalue weighted by atomic mass is 16.6. The fraction of sp³-hybridized carbons (Fsp3) is 0.300. The monoisotopic (exact) mass is 507 g/mol. The maximum absolute atomic E-state index is 13.5. The Morgan fingerprint density at radius 1 is 1.13 bits per heavy atom. The zero-order valence-electron chi connectivity index (χ0n) is 21.9. The third-order valence-electron chi connectivity index (χ3n) is 7.10. The van der Waals surface area contributed by atoms with E-state index in [1.807, 2.05) is 68.4 Å². The number of ether oxygens (including phenoxy) is 1. The fourth-order valence-corrected chi connectivity index (χ4v) is 5.26. The molecule has 3 heterocycles. The van der Waals surface area contributed by atoms with Crippen molar-refractivity contribution in [2.24, 2.45) is 10.6 Å². The van der Waals surface area contributed by atoms with Crippen molar-refractivity contribution in [1.82, 2.24) is 19.6 Å². The van der Waals surface area contributed by atoms with Gasteiger partial charge in [0.1, 0.15) is 12.1 Å². The van der Waals surface area contributed by atoms with Crippen LogP contribution in [0.1, 0.15) is 67.6 Å². The highest BCUT2D eigenvalue weighted by Gasteiger charge is 2.43. The molecular formula is C30H29N5O3. The van der Waals surface area contributed by atoms with Crippen molar-refractivity contribution < 1.29 is 14.4 Å². The van der Waals surface area contributed by atoms with Gasteiger partial charge in [0.25, 0.3) is 0 Å². The highest BCUT2D eigenvalue weighted by molar-refractivity contribution is 6.00. The Balaban J connectivity index is 1.37. The van der Waals surface area contributed by atoms with Crippen molar-refractivity contribution in [3.63, 3.8) is 0 Å². The summed E-state index contributed by atoms with van der Waals surface area (Å²) in [6.07, 6.45) is 2.73. The predicted octanol–water partition coefficient (Wildman–Crippen LogP) is 5.54. The van der Waals surface area contributed by atoms with Crippen LogP contribution in [-0.4, -0.2) is 31.1 Å². The summed E-state index contributed by atoms with van der Waals surface area (Å²) in [7, 11) is 0. The van der Waals surface area contributed by atoms with Gasteiger partial charge in [0.05, 0.1) is 11.3 Å². The van der Waals surface area contributed by atoms with Crippen molar-refractivity contribution in [1.29, 1.82) is 0 Å². The molecule has 1 aliphatic carbocycles. The SMILES string of the molecule is CC(=NOCc1nc2c3c(ncn2n1)OC1=C(C(=O)CC(C)(C)C1)C3c1ccccc1)c1ccc(C)cc1. The third-order valence-corrected chi connectivity index (χ3v) is 7.10. The highest BCUT2D eigenvalue weighted by Crippen LogP contribution is 2.50. The fourth-order valence-electron chi connectivity index (χ4n) is 5.26. The first kappa shape index (κ1) is 24.0. The first-order valence-corrected chi connectivity index (χ1v) is 12.8. The minimum atomic E-state index is -0.338. The number of benzene rings is 2. The number of hydrogen-bond acceptors (Lipinski definition) is 7. The first-order chi connectivity index (χ1) is 18.3. The molecule has 1 unspecified atom stereocenters. The molecule has 2 aromatic carbocycles. The molecule has 1 aliphatic heterocycles. The van der Waals surface area contributed by atoms with Gasteiger partial charge in [0.2, 0.25) is 5.88 Å². The van der Waals surface area contributed by atoms with Crippen molar-refractivity contribution in [2.75, 3.05) is 0 Å². The number of allylic oxidation sites excluding steroid dienone is 2. The average molecular weight is 508 g/mol. The van der Waals surface area contributed by atoms with E-state index in [0.717, 1.165) is 22.4 Å². The molecule has 2 aromatic heterocycles. The molecule has 192 valence electrons.